The fraction of sp³-hybridized carbons (Fsp3) is 0.615. The van der Waals surface area contributed by atoms with E-state index in [0.29, 0.717) is 12.0 Å². The molecular weight excluding hydrogens is 298 g/mol. The van der Waals surface area contributed by atoms with Crippen molar-refractivity contribution in [3.8, 4) is 0 Å². The van der Waals surface area contributed by atoms with E-state index in [1.807, 2.05) is 11.4 Å². The van der Waals surface area contributed by atoms with Crippen LogP contribution in [0.2, 0.25) is 0 Å². The van der Waals surface area contributed by atoms with E-state index in [0.717, 1.165) is 15.8 Å². The Hall–Kier alpha value is -0.350. The molecule has 94 valence electrons. The summed E-state index contributed by atoms with van der Waals surface area (Å²) in [6, 6.07) is 2.27. The number of carbonyl (C=O) groups is 1. The number of hydrogen-bond acceptors (Lipinski definition) is 2. The third-order valence-corrected chi connectivity index (χ3v) is 5.34. The van der Waals surface area contributed by atoms with Gasteiger partial charge < -0.3 is 5.32 Å². The lowest BCUT2D eigenvalue weighted by molar-refractivity contribution is 0.0925. The van der Waals surface area contributed by atoms with Gasteiger partial charge in [-0.05, 0) is 46.1 Å². The first kappa shape index (κ1) is 13.1. The third-order valence-electron chi connectivity index (χ3n) is 3.50. The maximum absolute atomic E-state index is 12.1. The van der Waals surface area contributed by atoms with Crippen molar-refractivity contribution in [1.82, 2.24) is 5.32 Å². The summed E-state index contributed by atoms with van der Waals surface area (Å²) < 4.78 is 0.904. The van der Waals surface area contributed by atoms with Crippen LogP contribution >= 0.6 is 27.3 Å². The average molecular weight is 316 g/mol. The molecular formula is C13H18BrNOS. The molecule has 1 aliphatic rings. The van der Waals surface area contributed by atoms with Crippen molar-refractivity contribution in [3.63, 3.8) is 0 Å². The Balaban J connectivity index is 2.00. The Morgan fingerprint density at radius 2 is 2.18 bits per heavy atom. The molecule has 0 aliphatic heterocycles. The van der Waals surface area contributed by atoms with E-state index in [1.165, 1.54) is 37.0 Å². The van der Waals surface area contributed by atoms with Crippen molar-refractivity contribution in [3.05, 3.63) is 20.8 Å². The van der Waals surface area contributed by atoms with Gasteiger partial charge >= 0.3 is 0 Å². The van der Waals surface area contributed by atoms with Crippen molar-refractivity contribution in [2.45, 2.75) is 45.1 Å². The van der Waals surface area contributed by atoms with Gasteiger partial charge in [0.15, 0.2) is 0 Å². The second kappa shape index (κ2) is 6.01. The molecule has 1 N–H and O–H groups in total. The highest BCUT2D eigenvalue weighted by molar-refractivity contribution is 9.10. The minimum atomic E-state index is 0.0747. The van der Waals surface area contributed by atoms with Gasteiger partial charge in [-0.15, -0.1) is 11.3 Å². The lowest BCUT2D eigenvalue weighted by Gasteiger charge is -2.22. The number of thiophene rings is 1. The zero-order valence-corrected chi connectivity index (χ0v) is 12.4. The van der Waals surface area contributed by atoms with Crippen LogP contribution in [-0.4, -0.2) is 11.9 Å². The number of nitrogens with one attached hydrogen (secondary N) is 1. The van der Waals surface area contributed by atoms with Crippen LogP contribution in [0.1, 0.15) is 48.7 Å². The summed E-state index contributed by atoms with van der Waals surface area (Å²) in [5.41, 5.74) is 0. The summed E-state index contributed by atoms with van der Waals surface area (Å²) >= 11 is 4.91. The smallest absolute Gasteiger partial charge is 0.262 e. The minimum Gasteiger partial charge on any atom is -0.348 e. The molecule has 2 nitrogen and oxygen atoms in total. The number of amides is 1. The van der Waals surface area contributed by atoms with Crippen molar-refractivity contribution in [1.29, 1.82) is 0 Å². The van der Waals surface area contributed by atoms with Gasteiger partial charge in [0.05, 0.1) is 0 Å². The van der Waals surface area contributed by atoms with Gasteiger partial charge in [0, 0.05) is 10.5 Å². The largest absolute Gasteiger partial charge is 0.348 e. The maximum Gasteiger partial charge on any atom is 0.262 e. The molecule has 0 bridgehead atoms. The SMILES string of the molecule is CC1CCCCCC1NC(=O)c1sccc1Br. The lowest BCUT2D eigenvalue weighted by Crippen LogP contribution is -2.38. The van der Waals surface area contributed by atoms with Gasteiger partial charge in [-0.25, -0.2) is 0 Å². The maximum atomic E-state index is 12.1. The Kier molecular flexibility index (Phi) is 4.62. The van der Waals surface area contributed by atoms with Crippen LogP contribution in [0.25, 0.3) is 0 Å². The van der Waals surface area contributed by atoms with E-state index >= 15 is 0 Å². The molecule has 0 radical (unpaired) electrons. The van der Waals surface area contributed by atoms with Gasteiger partial charge in [0.1, 0.15) is 4.88 Å². The summed E-state index contributed by atoms with van der Waals surface area (Å²) in [6.07, 6.45) is 6.20. The molecule has 1 fully saturated rings. The minimum absolute atomic E-state index is 0.0747. The lowest BCUT2D eigenvalue weighted by atomic mass is 9.97. The second-order valence-electron chi connectivity index (χ2n) is 4.79. The Bertz CT molecular complexity index is 391. The van der Waals surface area contributed by atoms with Crippen LogP contribution in [0.5, 0.6) is 0 Å². The molecule has 1 amide bonds. The number of carbonyl (C=O) groups excluding carboxylic acids is 1. The van der Waals surface area contributed by atoms with Crippen LogP contribution in [0.15, 0.2) is 15.9 Å². The molecule has 0 saturated heterocycles. The second-order valence-corrected chi connectivity index (χ2v) is 6.56. The molecule has 0 aromatic carbocycles. The summed E-state index contributed by atoms with van der Waals surface area (Å²) in [5.74, 6) is 0.672. The zero-order chi connectivity index (χ0) is 12.3. The summed E-state index contributed by atoms with van der Waals surface area (Å²) in [5, 5.41) is 5.13. The fourth-order valence-electron chi connectivity index (χ4n) is 2.40. The monoisotopic (exact) mass is 315 g/mol. The summed E-state index contributed by atoms with van der Waals surface area (Å²) in [4.78, 5) is 12.9. The first-order valence-electron chi connectivity index (χ1n) is 6.22. The molecule has 1 aliphatic carbocycles. The van der Waals surface area contributed by atoms with E-state index in [4.69, 9.17) is 0 Å². The standard InChI is InChI=1S/C13H18BrNOS/c1-9-5-3-2-4-6-11(9)15-13(16)12-10(14)7-8-17-12/h7-9,11H,2-6H2,1H3,(H,15,16). The fourth-order valence-corrected chi connectivity index (χ4v) is 3.85. The quantitative estimate of drug-likeness (QED) is 0.814. The van der Waals surface area contributed by atoms with Crippen LogP contribution in [0.4, 0.5) is 0 Å². The van der Waals surface area contributed by atoms with Gasteiger partial charge in [-0.1, -0.05) is 26.2 Å². The van der Waals surface area contributed by atoms with E-state index in [9.17, 15) is 4.79 Å². The van der Waals surface area contributed by atoms with Gasteiger partial charge in [-0.3, -0.25) is 4.79 Å². The number of hydrogen-bond donors (Lipinski definition) is 1. The van der Waals surface area contributed by atoms with Crippen molar-refractivity contribution in [2.75, 3.05) is 0 Å². The van der Waals surface area contributed by atoms with E-state index < -0.39 is 0 Å². The molecule has 1 aromatic rings. The Labute approximate surface area is 115 Å². The average Bonchev–Trinajstić information content (AvgIpc) is 2.63. The highest BCUT2D eigenvalue weighted by Crippen LogP contribution is 2.26. The molecule has 4 heteroatoms. The summed E-state index contributed by atoms with van der Waals surface area (Å²) in [6.45, 7) is 2.25. The highest BCUT2D eigenvalue weighted by Gasteiger charge is 2.23. The number of halogens is 1. The molecule has 2 atom stereocenters. The Morgan fingerprint density at radius 3 is 2.88 bits per heavy atom. The first-order chi connectivity index (χ1) is 8.18. The van der Waals surface area contributed by atoms with Crippen LogP contribution in [-0.2, 0) is 0 Å². The van der Waals surface area contributed by atoms with Crippen LogP contribution < -0.4 is 5.32 Å². The Morgan fingerprint density at radius 1 is 1.41 bits per heavy atom. The molecule has 1 saturated carbocycles. The number of rotatable bonds is 2. The zero-order valence-electron chi connectivity index (χ0n) is 10.0. The van der Waals surface area contributed by atoms with Crippen molar-refractivity contribution < 1.29 is 4.79 Å². The van der Waals surface area contributed by atoms with Crippen LogP contribution in [0.3, 0.4) is 0 Å². The van der Waals surface area contributed by atoms with Crippen molar-refractivity contribution >= 4 is 33.2 Å². The van der Waals surface area contributed by atoms with Gasteiger partial charge in [-0.2, -0.15) is 0 Å². The molecule has 2 rings (SSSR count). The molecule has 1 heterocycles. The predicted molar refractivity (Wildman–Crippen MR) is 75.5 cm³/mol. The highest BCUT2D eigenvalue weighted by atomic mass is 79.9. The van der Waals surface area contributed by atoms with Crippen LogP contribution in [0, 0.1) is 5.92 Å². The van der Waals surface area contributed by atoms with Gasteiger partial charge in [0.2, 0.25) is 0 Å². The first-order valence-corrected chi connectivity index (χ1v) is 7.89. The molecule has 17 heavy (non-hydrogen) atoms. The molecule has 1 aromatic heterocycles. The van der Waals surface area contributed by atoms with E-state index in [2.05, 4.69) is 28.2 Å². The topological polar surface area (TPSA) is 29.1 Å². The normalized spacial score (nSPS) is 25.3. The third kappa shape index (κ3) is 3.32. The molecule has 2 unspecified atom stereocenters. The van der Waals surface area contributed by atoms with E-state index in [-0.39, 0.29) is 5.91 Å². The predicted octanol–water partition coefficient (Wildman–Crippen LogP) is 4.21. The van der Waals surface area contributed by atoms with Crippen molar-refractivity contribution in [2.24, 2.45) is 5.92 Å². The van der Waals surface area contributed by atoms with E-state index in [1.54, 1.807) is 0 Å². The van der Waals surface area contributed by atoms with Gasteiger partial charge in [0.25, 0.3) is 5.91 Å². The molecule has 0 spiro atoms. The summed E-state index contributed by atoms with van der Waals surface area (Å²) in [7, 11) is 0.